The van der Waals surface area contributed by atoms with Gasteiger partial charge in [-0.25, -0.2) is 0 Å². The molecule has 2 unspecified atom stereocenters. The molecule has 1 aromatic carbocycles. The molecule has 1 heterocycles. The van der Waals surface area contributed by atoms with Crippen molar-refractivity contribution in [3.05, 3.63) is 24.3 Å². The molecule has 0 radical (unpaired) electrons. The summed E-state index contributed by atoms with van der Waals surface area (Å²) in [7, 11) is 0. The first-order chi connectivity index (χ1) is 9.06. The Morgan fingerprint density at radius 2 is 2.05 bits per heavy atom. The van der Waals surface area contributed by atoms with Crippen LogP contribution in [0.4, 0.5) is 14.5 Å². The fourth-order valence-electron chi connectivity index (χ4n) is 1.80. The molecule has 1 amide bonds. The summed E-state index contributed by atoms with van der Waals surface area (Å²) in [6.07, 6.45) is 0. The fraction of sp³-hybridized carbons (Fsp3) is 0.417. The van der Waals surface area contributed by atoms with E-state index in [2.05, 4.69) is 10.1 Å². The van der Waals surface area contributed by atoms with Crippen LogP contribution in [0.15, 0.2) is 24.3 Å². The predicted molar refractivity (Wildman–Crippen MR) is 64.0 cm³/mol. The number of carbonyl (C=O) groups is 1. The standard InChI is InChI=1S/C12H14F2N2O3/c13-12(14)19-8-3-1-7(2-4-8)16-11(17)9-5-18-6-10(9)15/h1-4,9-10,12H,5-6,15H2,(H,16,17). The van der Waals surface area contributed by atoms with Crippen molar-refractivity contribution >= 4 is 11.6 Å². The van der Waals surface area contributed by atoms with Crippen LogP contribution in [0.1, 0.15) is 0 Å². The van der Waals surface area contributed by atoms with Crippen molar-refractivity contribution in [3.8, 4) is 5.75 Å². The Bertz CT molecular complexity index is 439. The highest BCUT2D eigenvalue weighted by molar-refractivity contribution is 5.93. The maximum Gasteiger partial charge on any atom is 0.387 e. The third-order valence-corrected chi connectivity index (χ3v) is 2.81. The topological polar surface area (TPSA) is 73.6 Å². The van der Waals surface area contributed by atoms with Crippen LogP contribution < -0.4 is 15.8 Å². The molecule has 2 rings (SSSR count). The fourth-order valence-corrected chi connectivity index (χ4v) is 1.80. The Hall–Kier alpha value is -1.73. The second-order valence-corrected chi connectivity index (χ2v) is 4.20. The van der Waals surface area contributed by atoms with Crippen molar-refractivity contribution in [2.45, 2.75) is 12.7 Å². The lowest BCUT2D eigenvalue weighted by Crippen LogP contribution is -2.37. The molecule has 1 aliphatic rings. The first-order valence-corrected chi connectivity index (χ1v) is 5.75. The first kappa shape index (κ1) is 13.7. The Labute approximate surface area is 108 Å². The SMILES string of the molecule is NC1COCC1C(=O)Nc1ccc(OC(F)F)cc1. The van der Waals surface area contributed by atoms with E-state index >= 15 is 0 Å². The molecule has 1 fully saturated rings. The number of carbonyl (C=O) groups excluding carboxylic acids is 1. The minimum Gasteiger partial charge on any atom is -0.435 e. The van der Waals surface area contributed by atoms with E-state index in [4.69, 9.17) is 10.5 Å². The third kappa shape index (κ3) is 3.62. The number of hydrogen-bond acceptors (Lipinski definition) is 4. The van der Waals surface area contributed by atoms with Crippen LogP contribution in [-0.2, 0) is 9.53 Å². The minimum absolute atomic E-state index is 0.0360. The van der Waals surface area contributed by atoms with Gasteiger partial charge in [0.2, 0.25) is 5.91 Å². The molecular weight excluding hydrogens is 258 g/mol. The van der Waals surface area contributed by atoms with Crippen LogP contribution in [0.5, 0.6) is 5.75 Å². The van der Waals surface area contributed by atoms with E-state index in [1.165, 1.54) is 24.3 Å². The Balaban J connectivity index is 1.93. The van der Waals surface area contributed by atoms with E-state index in [0.29, 0.717) is 18.9 Å². The molecule has 1 saturated heterocycles. The average Bonchev–Trinajstić information content (AvgIpc) is 2.77. The normalized spacial score (nSPS) is 22.5. The van der Waals surface area contributed by atoms with E-state index in [1.807, 2.05) is 0 Å². The number of benzene rings is 1. The zero-order valence-electron chi connectivity index (χ0n) is 10.0. The van der Waals surface area contributed by atoms with Crippen molar-refractivity contribution in [1.82, 2.24) is 0 Å². The molecule has 0 spiro atoms. The number of alkyl halides is 2. The molecule has 104 valence electrons. The van der Waals surface area contributed by atoms with Crippen molar-refractivity contribution in [2.24, 2.45) is 11.7 Å². The largest absolute Gasteiger partial charge is 0.435 e. The summed E-state index contributed by atoms with van der Waals surface area (Å²) in [6, 6.07) is 5.36. The van der Waals surface area contributed by atoms with E-state index in [-0.39, 0.29) is 17.7 Å². The third-order valence-electron chi connectivity index (χ3n) is 2.81. The summed E-state index contributed by atoms with van der Waals surface area (Å²) in [5.41, 5.74) is 6.21. The quantitative estimate of drug-likeness (QED) is 0.863. The molecular formula is C12H14F2N2O3. The number of amides is 1. The summed E-state index contributed by atoms with van der Waals surface area (Å²) in [5.74, 6) is -0.599. The summed E-state index contributed by atoms with van der Waals surface area (Å²) in [4.78, 5) is 11.9. The minimum atomic E-state index is -2.87. The number of hydrogen-bond donors (Lipinski definition) is 2. The van der Waals surface area contributed by atoms with Crippen LogP contribution in [0.2, 0.25) is 0 Å². The van der Waals surface area contributed by atoms with Gasteiger partial charge >= 0.3 is 6.61 Å². The zero-order chi connectivity index (χ0) is 13.8. The van der Waals surface area contributed by atoms with Crippen LogP contribution in [-0.4, -0.2) is 31.8 Å². The average molecular weight is 272 g/mol. The van der Waals surface area contributed by atoms with Gasteiger partial charge in [-0.05, 0) is 24.3 Å². The number of nitrogens with one attached hydrogen (secondary N) is 1. The first-order valence-electron chi connectivity index (χ1n) is 5.75. The van der Waals surface area contributed by atoms with Crippen molar-refractivity contribution < 1.29 is 23.0 Å². The molecule has 7 heteroatoms. The smallest absolute Gasteiger partial charge is 0.387 e. The summed E-state index contributed by atoms with van der Waals surface area (Å²) in [5, 5.41) is 2.65. The Morgan fingerprint density at radius 3 is 2.58 bits per heavy atom. The highest BCUT2D eigenvalue weighted by atomic mass is 19.3. The lowest BCUT2D eigenvalue weighted by molar-refractivity contribution is -0.120. The molecule has 0 bridgehead atoms. The monoisotopic (exact) mass is 272 g/mol. The summed E-state index contributed by atoms with van der Waals surface area (Å²) < 4.78 is 33.2. The molecule has 2 atom stereocenters. The molecule has 0 aliphatic carbocycles. The molecule has 19 heavy (non-hydrogen) atoms. The lowest BCUT2D eigenvalue weighted by atomic mass is 10.0. The molecule has 1 aromatic rings. The number of halogens is 2. The molecule has 0 aromatic heterocycles. The van der Waals surface area contributed by atoms with Crippen LogP contribution in [0.3, 0.4) is 0 Å². The second kappa shape index (κ2) is 5.94. The number of nitrogens with two attached hydrogens (primary N) is 1. The van der Waals surface area contributed by atoms with Crippen LogP contribution >= 0.6 is 0 Å². The maximum atomic E-state index is 12.0. The highest BCUT2D eigenvalue weighted by Gasteiger charge is 2.31. The van der Waals surface area contributed by atoms with E-state index in [0.717, 1.165) is 0 Å². The van der Waals surface area contributed by atoms with Crippen LogP contribution in [0, 0.1) is 5.92 Å². The predicted octanol–water partition coefficient (Wildman–Crippen LogP) is 1.20. The van der Waals surface area contributed by atoms with Gasteiger partial charge in [-0.15, -0.1) is 0 Å². The van der Waals surface area contributed by atoms with Gasteiger partial charge in [0.25, 0.3) is 0 Å². The zero-order valence-corrected chi connectivity index (χ0v) is 10.0. The Kier molecular flexibility index (Phi) is 4.28. The van der Waals surface area contributed by atoms with Crippen molar-refractivity contribution in [1.29, 1.82) is 0 Å². The van der Waals surface area contributed by atoms with Gasteiger partial charge in [0.1, 0.15) is 5.75 Å². The summed E-state index contributed by atoms with van der Waals surface area (Å²) >= 11 is 0. The molecule has 1 aliphatic heterocycles. The second-order valence-electron chi connectivity index (χ2n) is 4.20. The Morgan fingerprint density at radius 1 is 1.37 bits per heavy atom. The van der Waals surface area contributed by atoms with Gasteiger partial charge in [0.05, 0.1) is 19.1 Å². The lowest BCUT2D eigenvalue weighted by Gasteiger charge is -2.13. The van der Waals surface area contributed by atoms with Gasteiger partial charge in [-0.1, -0.05) is 0 Å². The van der Waals surface area contributed by atoms with E-state index in [9.17, 15) is 13.6 Å². The van der Waals surface area contributed by atoms with Gasteiger partial charge in [0, 0.05) is 11.7 Å². The van der Waals surface area contributed by atoms with Gasteiger partial charge in [0.15, 0.2) is 0 Å². The molecule has 3 N–H and O–H groups in total. The number of ether oxygens (including phenoxy) is 2. The van der Waals surface area contributed by atoms with Gasteiger partial charge < -0.3 is 20.5 Å². The molecule has 0 saturated carbocycles. The molecule has 5 nitrogen and oxygen atoms in total. The number of rotatable bonds is 4. The van der Waals surface area contributed by atoms with Crippen molar-refractivity contribution in [2.75, 3.05) is 18.5 Å². The van der Waals surface area contributed by atoms with Crippen molar-refractivity contribution in [3.63, 3.8) is 0 Å². The van der Waals surface area contributed by atoms with E-state index < -0.39 is 12.5 Å². The summed E-state index contributed by atoms with van der Waals surface area (Å²) in [6.45, 7) is -2.21. The number of anilines is 1. The van der Waals surface area contributed by atoms with E-state index in [1.54, 1.807) is 0 Å². The van der Waals surface area contributed by atoms with Gasteiger partial charge in [-0.2, -0.15) is 8.78 Å². The maximum absolute atomic E-state index is 12.0. The highest BCUT2D eigenvalue weighted by Crippen LogP contribution is 2.19. The van der Waals surface area contributed by atoms with Gasteiger partial charge in [-0.3, -0.25) is 4.79 Å². The van der Waals surface area contributed by atoms with Crippen LogP contribution in [0.25, 0.3) is 0 Å².